The summed E-state index contributed by atoms with van der Waals surface area (Å²) in [6.07, 6.45) is 9.17. The Hall–Kier alpha value is -2.50. The summed E-state index contributed by atoms with van der Waals surface area (Å²) in [4.78, 5) is 17.7. The maximum atomic E-state index is 11.2. The van der Waals surface area contributed by atoms with E-state index < -0.39 is 5.97 Å². The van der Waals surface area contributed by atoms with Crippen LogP contribution in [0.4, 0.5) is 5.69 Å². The number of benzene rings is 1. The van der Waals surface area contributed by atoms with Gasteiger partial charge in [0.25, 0.3) is 0 Å². The first-order chi connectivity index (χ1) is 13.9. The molecular weight excluding hydrogens is 366 g/mol. The van der Waals surface area contributed by atoms with Crippen molar-refractivity contribution in [2.75, 3.05) is 18.1 Å². The number of ether oxygens (including phenoxy) is 1. The van der Waals surface area contributed by atoms with Crippen LogP contribution >= 0.6 is 0 Å². The lowest BCUT2D eigenvalue weighted by molar-refractivity contribution is -0.136. The predicted octanol–water partition coefficient (Wildman–Crippen LogP) is 4.54. The van der Waals surface area contributed by atoms with Crippen molar-refractivity contribution in [3.63, 3.8) is 0 Å². The smallest absolute Gasteiger partial charge is 0.305 e. The van der Waals surface area contributed by atoms with Crippen molar-refractivity contribution >= 4 is 11.7 Å². The van der Waals surface area contributed by atoms with Gasteiger partial charge in [0.1, 0.15) is 5.75 Å². The fourth-order valence-electron chi connectivity index (χ4n) is 4.50. The van der Waals surface area contributed by atoms with Crippen LogP contribution in [0.2, 0.25) is 0 Å². The molecule has 0 aliphatic carbocycles. The van der Waals surface area contributed by atoms with E-state index in [4.69, 9.17) is 4.74 Å². The minimum atomic E-state index is -0.763. The maximum Gasteiger partial charge on any atom is 0.305 e. The van der Waals surface area contributed by atoms with Gasteiger partial charge >= 0.3 is 5.97 Å². The van der Waals surface area contributed by atoms with Gasteiger partial charge in [0.15, 0.2) is 0 Å². The summed E-state index contributed by atoms with van der Waals surface area (Å²) in [7, 11) is 0. The molecule has 1 aromatic heterocycles. The van der Waals surface area contributed by atoms with Gasteiger partial charge < -0.3 is 19.3 Å². The molecule has 2 heterocycles. The molecule has 158 valence electrons. The number of anilines is 1. The third kappa shape index (κ3) is 4.57. The van der Waals surface area contributed by atoms with Crippen LogP contribution in [-0.2, 0) is 11.3 Å². The predicted molar refractivity (Wildman–Crippen MR) is 115 cm³/mol. The van der Waals surface area contributed by atoms with E-state index in [2.05, 4.69) is 48.2 Å². The standard InChI is InChI=1S/C23H33N3O3/c1-5-6-7-12-29-23-16(2)13-20-22(17(23)3)19(14-25-11-9-24-15-25)18(4)26(20)10-8-21(27)28/h9,11,13,15,18-19H,5-8,10,12,14H2,1-4H3,(H,27,28). The second-order valence-corrected chi connectivity index (χ2v) is 8.08. The van der Waals surface area contributed by atoms with Crippen molar-refractivity contribution in [3.8, 4) is 5.75 Å². The quantitative estimate of drug-likeness (QED) is 0.594. The average molecular weight is 400 g/mol. The van der Waals surface area contributed by atoms with Gasteiger partial charge in [-0.1, -0.05) is 19.8 Å². The lowest BCUT2D eigenvalue weighted by atomic mass is 9.90. The van der Waals surface area contributed by atoms with Crippen molar-refractivity contribution < 1.29 is 14.6 Å². The number of hydrogen-bond acceptors (Lipinski definition) is 4. The number of aryl methyl sites for hydroxylation is 1. The molecule has 1 aromatic carbocycles. The average Bonchev–Trinajstić information content (AvgIpc) is 3.27. The summed E-state index contributed by atoms with van der Waals surface area (Å²) in [6.45, 7) is 10.7. The van der Waals surface area contributed by atoms with Crippen molar-refractivity contribution in [1.82, 2.24) is 9.55 Å². The molecule has 0 saturated carbocycles. The molecule has 6 heteroatoms. The second kappa shape index (κ2) is 9.33. The normalized spacial score (nSPS) is 18.1. The lowest BCUT2D eigenvalue weighted by Gasteiger charge is -2.27. The van der Waals surface area contributed by atoms with Crippen LogP contribution in [0.15, 0.2) is 24.8 Å². The number of hydrogen-bond donors (Lipinski definition) is 1. The fraction of sp³-hybridized carbons (Fsp3) is 0.565. The number of carboxylic acid groups (broad SMARTS) is 1. The Labute approximate surface area is 173 Å². The molecule has 1 aliphatic rings. The SMILES string of the molecule is CCCCCOc1c(C)cc2c(c1C)C(Cn1ccnc1)C(C)N2CCC(=O)O. The van der Waals surface area contributed by atoms with E-state index in [1.165, 1.54) is 24.0 Å². The number of aliphatic carboxylic acids is 1. The third-order valence-corrected chi connectivity index (χ3v) is 6.01. The lowest BCUT2D eigenvalue weighted by Crippen LogP contribution is -2.34. The minimum absolute atomic E-state index is 0.134. The summed E-state index contributed by atoms with van der Waals surface area (Å²) >= 11 is 0. The van der Waals surface area contributed by atoms with Gasteiger partial charge in [-0.25, -0.2) is 4.98 Å². The molecular formula is C23H33N3O3. The second-order valence-electron chi connectivity index (χ2n) is 8.08. The fourth-order valence-corrected chi connectivity index (χ4v) is 4.50. The molecule has 0 amide bonds. The Kier molecular flexibility index (Phi) is 6.83. The van der Waals surface area contributed by atoms with E-state index in [0.29, 0.717) is 6.54 Å². The molecule has 2 aromatic rings. The van der Waals surface area contributed by atoms with Crippen LogP contribution in [-0.4, -0.2) is 39.8 Å². The van der Waals surface area contributed by atoms with E-state index in [-0.39, 0.29) is 18.4 Å². The number of carbonyl (C=O) groups is 1. The zero-order valence-corrected chi connectivity index (χ0v) is 18.0. The highest BCUT2D eigenvalue weighted by molar-refractivity contribution is 5.72. The monoisotopic (exact) mass is 399 g/mol. The Morgan fingerprint density at radius 2 is 2.10 bits per heavy atom. The summed E-state index contributed by atoms with van der Waals surface area (Å²) in [5, 5.41) is 9.22. The summed E-state index contributed by atoms with van der Waals surface area (Å²) in [5.74, 6) is 0.482. The molecule has 0 spiro atoms. The van der Waals surface area contributed by atoms with Crippen LogP contribution < -0.4 is 9.64 Å². The molecule has 0 bridgehead atoms. The molecule has 2 atom stereocenters. The zero-order valence-electron chi connectivity index (χ0n) is 18.0. The Bertz CT molecular complexity index is 832. The first-order valence-corrected chi connectivity index (χ1v) is 10.6. The van der Waals surface area contributed by atoms with Gasteiger partial charge in [0.05, 0.1) is 19.4 Å². The summed E-state index contributed by atoms with van der Waals surface area (Å²) < 4.78 is 8.32. The first kappa shape index (κ1) is 21.2. The van der Waals surface area contributed by atoms with Gasteiger partial charge in [0, 0.05) is 43.1 Å². The Morgan fingerprint density at radius 1 is 1.31 bits per heavy atom. The first-order valence-electron chi connectivity index (χ1n) is 10.6. The number of aromatic nitrogens is 2. The molecule has 3 rings (SSSR count). The number of carboxylic acids is 1. The number of rotatable bonds is 10. The molecule has 2 unspecified atom stereocenters. The Balaban J connectivity index is 1.95. The maximum absolute atomic E-state index is 11.2. The minimum Gasteiger partial charge on any atom is -0.493 e. The molecule has 0 fully saturated rings. The van der Waals surface area contributed by atoms with Gasteiger partial charge in [-0.3, -0.25) is 4.79 Å². The van der Waals surface area contributed by atoms with E-state index >= 15 is 0 Å². The molecule has 29 heavy (non-hydrogen) atoms. The van der Waals surface area contributed by atoms with E-state index in [1.54, 1.807) is 6.20 Å². The van der Waals surface area contributed by atoms with Crippen LogP contribution in [0, 0.1) is 13.8 Å². The number of fused-ring (bicyclic) bond motifs is 1. The number of nitrogens with zero attached hydrogens (tertiary/aromatic N) is 3. The zero-order chi connectivity index (χ0) is 21.0. The highest BCUT2D eigenvalue weighted by Gasteiger charge is 2.38. The van der Waals surface area contributed by atoms with Crippen molar-refractivity contribution in [2.45, 2.75) is 71.9 Å². The van der Waals surface area contributed by atoms with Gasteiger partial charge in [0.2, 0.25) is 0 Å². The van der Waals surface area contributed by atoms with E-state index in [1.807, 2.05) is 12.5 Å². The topological polar surface area (TPSA) is 67.6 Å². The van der Waals surface area contributed by atoms with Crippen molar-refractivity contribution in [1.29, 1.82) is 0 Å². The summed E-state index contributed by atoms with van der Waals surface area (Å²) in [5.41, 5.74) is 4.74. The summed E-state index contributed by atoms with van der Waals surface area (Å²) in [6, 6.07) is 2.39. The molecule has 0 saturated heterocycles. The highest BCUT2D eigenvalue weighted by atomic mass is 16.5. The van der Waals surface area contributed by atoms with E-state index in [9.17, 15) is 9.90 Å². The van der Waals surface area contributed by atoms with Crippen LogP contribution in [0.3, 0.4) is 0 Å². The number of unbranched alkanes of at least 4 members (excludes halogenated alkanes) is 2. The number of imidazole rings is 1. The van der Waals surface area contributed by atoms with Gasteiger partial charge in [-0.15, -0.1) is 0 Å². The Morgan fingerprint density at radius 3 is 2.76 bits per heavy atom. The molecule has 0 radical (unpaired) electrons. The van der Waals surface area contributed by atoms with E-state index in [0.717, 1.165) is 36.6 Å². The molecule has 1 aliphatic heterocycles. The van der Waals surface area contributed by atoms with Crippen LogP contribution in [0.1, 0.15) is 62.1 Å². The molecule has 6 nitrogen and oxygen atoms in total. The molecule has 1 N–H and O–H groups in total. The highest BCUT2D eigenvalue weighted by Crippen LogP contribution is 2.47. The van der Waals surface area contributed by atoms with Gasteiger partial charge in [-0.05, 0) is 49.9 Å². The van der Waals surface area contributed by atoms with Crippen LogP contribution in [0.25, 0.3) is 0 Å². The van der Waals surface area contributed by atoms with Crippen LogP contribution in [0.5, 0.6) is 5.75 Å². The van der Waals surface area contributed by atoms with Crippen molar-refractivity contribution in [3.05, 3.63) is 41.5 Å². The van der Waals surface area contributed by atoms with Gasteiger partial charge in [-0.2, -0.15) is 0 Å². The van der Waals surface area contributed by atoms with Crippen molar-refractivity contribution in [2.24, 2.45) is 0 Å². The largest absolute Gasteiger partial charge is 0.493 e. The third-order valence-electron chi connectivity index (χ3n) is 6.01.